The Labute approximate surface area is 89.9 Å². The molecule has 0 aliphatic carbocycles. The molecule has 1 rings (SSSR count). The first-order chi connectivity index (χ1) is 7.24. The van der Waals surface area contributed by atoms with Gasteiger partial charge in [-0.1, -0.05) is 13.3 Å². The smallest absolute Gasteiger partial charge is 0.168 e. The first-order valence-electron chi connectivity index (χ1n) is 5.24. The maximum atomic E-state index is 8.94. The van der Waals surface area contributed by atoms with Gasteiger partial charge in [-0.15, -0.1) is 0 Å². The van der Waals surface area contributed by atoms with Crippen molar-refractivity contribution in [1.82, 2.24) is 9.78 Å². The standard InChI is InChI=1S/C10H17N5/c1-3-5-6-13-10-8(7-11)9(12)15(4-2)14-10/h3-6,12H2,1-2H3,(H,13,14). The number of unbranched alkanes of at least 4 members (excludes halogenated alkanes) is 1. The molecule has 0 saturated carbocycles. The Bertz CT molecular complexity index is 361. The van der Waals surface area contributed by atoms with E-state index in [4.69, 9.17) is 11.0 Å². The van der Waals surface area contributed by atoms with Crippen LogP contribution in [0.5, 0.6) is 0 Å². The van der Waals surface area contributed by atoms with Gasteiger partial charge in [0.15, 0.2) is 5.82 Å². The van der Waals surface area contributed by atoms with Crippen LogP contribution in [0.4, 0.5) is 11.6 Å². The van der Waals surface area contributed by atoms with E-state index in [2.05, 4.69) is 23.4 Å². The lowest BCUT2D eigenvalue weighted by molar-refractivity contribution is 0.670. The molecule has 1 heterocycles. The first-order valence-corrected chi connectivity index (χ1v) is 5.24. The molecule has 0 amide bonds. The van der Waals surface area contributed by atoms with Crippen molar-refractivity contribution in [3.63, 3.8) is 0 Å². The van der Waals surface area contributed by atoms with E-state index in [0.717, 1.165) is 19.4 Å². The predicted octanol–water partition coefficient (Wildman–Crippen LogP) is 1.57. The summed E-state index contributed by atoms with van der Waals surface area (Å²) in [7, 11) is 0. The van der Waals surface area contributed by atoms with Crippen LogP contribution < -0.4 is 11.1 Å². The average Bonchev–Trinajstić information content (AvgIpc) is 2.55. The highest BCUT2D eigenvalue weighted by Crippen LogP contribution is 2.20. The van der Waals surface area contributed by atoms with E-state index >= 15 is 0 Å². The lowest BCUT2D eigenvalue weighted by Gasteiger charge is -2.00. The van der Waals surface area contributed by atoms with Crippen molar-refractivity contribution >= 4 is 11.6 Å². The van der Waals surface area contributed by atoms with Crippen molar-refractivity contribution < 1.29 is 0 Å². The number of hydrogen-bond acceptors (Lipinski definition) is 4. The molecule has 0 radical (unpaired) electrons. The largest absolute Gasteiger partial charge is 0.383 e. The van der Waals surface area contributed by atoms with Gasteiger partial charge < -0.3 is 11.1 Å². The van der Waals surface area contributed by atoms with Gasteiger partial charge >= 0.3 is 0 Å². The predicted molar refractivity (Wildman–Crippen MR) is 60.4 cm³/mol. The van der Waals surface area contributed by atoms with Crippen LogP contribution >= 0.6 is 0 Å². The number of anilines is 2. The molecular weight excluding hydrogens is 190 g/mol. The summed E-state index contributed by atoms with van der Waals surface area (Å²) in [5, 5.41) is 16.3. The molecule has 1 aromatic rings. The highest BCUT2D eigenvalue weighted by Gasteiger charge is 2.13. The van der Waals surface area contributed by atoms with Gasteiger partial charge in [0, 0.05) is 13.1 Å². The molecule has 3 N–H and O–H groups in total. The number of nitrogen functional groups attached to an aromatic ring is 1. The first kappa shape index (κ1) is 11.4. The third kappa shape index (κ3) is 2.40. The average molecular weight is 207 g/mol. The lowest BCUT2D eigenvalue weighted by atomic mass is 10.3. The van der Waals surface area contributed by atoms with Gasteiger partial charge in [-0.2, -0.15) is 10.4 Å². The minimum absolute atomic E-state index is 0.444. The molecular formula is C10H17N5. The van der Waals surface area contributed by atoms with E-state index in [-0.39, 0.29) is 0 Å². The van der Waals surface area contributed by atoms with Crippen LogP contribution in [0.15, 0.2) is 0 Å². The normalized spacial score (nSPS) is 9.93. The Balaban J connectivity index is 2.83. The molecule has 5 heteroatoms. The zero-order valence-electron chi connectivity index (χ0n) is 9.25. The molecule has 0 fully saturated rings. The van der Waals surface area contributed by atoms with E-state index in [1.165, 1.54) is 0 Å². The zero-order chi connectivity index (χ0) is 11.3. The summed E-state index contributed by atoms with van der Waals surface area (Å²) >= 11 is 0. The second-order valence-electron chi connectivity index (χ2n) is 3.32. The fourth-order valence-electron chi connectivity index (χ4n) is 1.33. The molecule has 0 aliphatic rings. The number of nitrogens with two attached hydrogens (primary N) is 1. The van der Waals surface area contributed by atoms with Crippen LogP contribution in [0.1, 0.15) is 32.3 Å². The molecule has 15 heavy (non-hydrogen) atoms. The quantitative estimate of drug-likeness (QED) is 0.718. The summed E-state index contributed by atoms with van der Waals surface area (Å²) in [6.07, 6.45) is 2.17. The number of rotatable bonds is 5. The minimum Gasteiger partial charge on any atom is -0.383 e. The zero-order valence-corrected chi connectivity index (χ0v) is 9.25. The molecule has 0 bridgehead atoms. The third-order valence-electron chi connectivity index (χ3n) is 2.23. The molecule has 0 saturated heterocycles. The maximum absolute atomic E-state index is 8.94. The Hall–Kier alpha value is -1.70. The number of aromatic nitrogens is 2. The van der Waals surface area contributed by atoms with Gasteiger partial charge in [0.1, 0.15) is 17.5 Å². The van der Waals surface area contributed by atoms with E-state index in [1.807, 2.05) is 6.92 Å². The topological polar surface area (TPSA) is 79.7 Å². The van der Waals surface area contributed by atoms with E-state index < -0.39 is 0 Å². The van der Waals surface area contributed by atoms with Gasteiger partial charge in [-0.05, 0) is 13.3 Å². The highest BCUT2D eigenvalue weighted by molar-refractivity contribution is 5.63. The van der Waals surface area contributed by atoms with Gasteiger partial charge in [0.05, 0.1) is 0 Å². The summed E-state index contributed by atoms with van der Waals surface area (Å²) in [5.41, 5.74) is 6.22. The van der Waals surface area contributed by atoms with Crippen molar-refractivity contribution in [2.45, 2.75) is 33.2 Å². The third-order valence-corrected chi connectivity index (χ3v) is 2.23. The van der Waals surface area contributed by atoms with Crippen LogP contribution in [0, 0.1) is 11.3 Å². The Morgan fingerprint density at radius 2 is 2.27 bits per heavy atom. The van der Waals surface area contributed by atoms with Gasteiger partial charge in [-0.3, -0.25) is 0 Å². The van der Waals surface area contributed by atoms with Crippen molar-refractivity contribution in [3.05, 3.63) is 5.56 Å². The second-order valence-corrected chi connectivity index (χ2v) is 3.32. The lowest BCUT2D eigenvalue weighted by Crippen LogP contribution is -2.04. The van der Waals surface area contributed by atoms with Crippen LogP contribution in [-0.2, 0) is 6.54 Å². The second kappa shape index (κ2) is 5.25. The monoisotopic (exact) mass is 207 g/mol. The van der Waals surface area contributed by atoms with Gasteiger partial charge in [-0.25, -0.2) is 4.68 Å². The summed E-state index contributed by atoms with van der Waals surface area (Å²) < 4.78 is 1.63. The summed E-state index contributed by atoms with van der Waals surface area (Å²) in [6, 6.07) is 2.07. The van der Waals surface area contributed by atoms with Crippen LogP contribution in [-0.4, -0.2) is 16.3 Å². The molecule has 0 atom stereocenters. The maximum Gasteiger partial charge on any atom is 0.168 e. The van der Waals surface area contributed by atoms with Crippen molar-refractivity contribution in [2.24, 2.45) is 0 Å². The molecule has 0 aliphatic heterocycles. The van der Waals surface area contributed by atoms with Crippen LogP contribution in [0.3, 0.4) is 0 Å². The van der Waals surface area contributed by atoms with E-state index in [9.17, 15) is 0 Å². The van der Waals surface area contributed by atoms with Crippen LogP contribution in [0.25, 0.3) is 0 Å². The van der Waals surface area contributed by atoms with Gasteiger partial charge in [0.25, 0.3) is 0 Å². The molecule has 0 spiro atoms. The summed E-state index contributed by atoms with van der Waals surface area (Å²) in [4.78, 5) is 0. The number of nitrogens with zero attached hydrogens (tertiary/aromatic N) is 3. The Kier molecular flexibility index (Phi) is 3.98. The number of nitrogens with one attached hydrogen (secondary N) is 1. The Morgan fingerprint density at radius 1 is 1.53 bits per heavy atom. The number of nitriles is 1. The summed E-state index contributed by atoms with van der Waals surface area (Å²) in [6.45, 7) is 5.56. The van der Waals surface area contributed by atoms with E-state index in [1.54, 1.807) is 4.68 Å². The SMILES string of the molecule is CCCCNc1nn(CC)c(N)c1C#N. The highest BCUT2D eigenvalue weighted by atomic mass is 15.3. The van der Waals surface area contributed by atoms with Gasteiger partial charge in [0.2, 0.25) is 0 Å². The number of hydrogen-bond donors (Lipinski definition) is 2. The van der Waals surface area contributed by atoms with Crippen molar-refractivity contribution in [3.8, 4) is 6.07 Å². The molecule has 0 unspecified atom stereocenters. The minimum atomic E-state index is 0.444. The fraction of sp³-hybridized carbons (Fsp3) is 0.600. The molecule has 5 nitrogen and oxygen atoms in total. The molecule has 1 aromatic heterocycles. The van der Waals surface area contributed by atoms with Crippen LogP contribution in [0.2, 0.25) is 0 Å². The molecule has 0 aromatic carbocycles. The van der Waals surface area contributed by atoms with E-state index in [0.29, 0.717) is 23.7 Å². The van der Waals surface area contributed by atoms with Crippen molar-refractivity contribution in [1.29, 1.82) is 5.26 Å². The number of aryl methyl sites for hydroxylation is 1. The fourth-order valence-corrected chi connectivity index (χ4v) is 1.33. The molecule has 82 valence electrons. The Morgan fingerprint density at radius 3 is 2.80 bits per heavy atom. The summed E-state index contributed by atoms with van der Waals surface area (Å²) in [5.74, 6) is 1.05. The van der Waals surface area contributed by atoms with Crippen molar-refractivity contribution in [2.75, 3.05) is 17.6 Å².